The molecule has 0 bridgehead atoms. The van der Waals surface area contributed by atoms with Gasteiger partial charge in [-0.15, -0.1) is 0 Å². The number of nitrogens with one attached hydrogen (secondary N) is 1. The SMILES string of the molecule is Cn1c(=O)c2c(NC(=O)c3cccc(F)c3)ccnc2n(C)c1=O. The van der Waals surface area contributed by atoms with Crippen LogP contribution in [0.1, 0.15) is 10.4 Å². The molecule has 0 saturated heterocycles. The van der Waals surface area contributed by atoms with Crippen LogP contribution in [-0.2, 0) is 14.1 Å². The Bertz CT molecular complexity index is 1080. The molecule has 0 unspecified atom stereocenters. The van der Waals surface area contributed by atoms with E-state index in [0.717, 1.165) is 10.6 Å². The van der Waals surface area contributed by atoms with E-state index in [1.54, 1.807) is 0 Å². The van der Waals surface area contributed by atoms with E-state index in [1.165, 1.54) is 49.1 Å². The van der Waals surface area contributed by atoms with Gasteiger partial charge in [0.15, 0.2) is 5.65 Å². The zero-order valence-electron chi connectivity index (χ0n) is 12.9. The molecule has 3 aromatic rings. The molecule has 0 radical (unpaired) electrons. The van der Waals surface area contributed by atoms with E-state index < -0.39 is 23.0 Å². The number of aryl methyl sites for hydroxylation is 1. The molecule has 7 nitrogen and oxygen atoms in total. The van der Waals surface area contributed by atoms with Crippen molar-refractivity contribution in [2.75, 3.05) is 5.32 Å². The summed E-state index contributed by atoms with van der Waals surface area (Å²) in [7, 11) is 2.82. The highest BCUT2D eigenvalue weighted by Crippen LogP contribution is 2.17. The molecule has 1 aromatic carbocycles. The van der Waals surface area contributed by atoms with E-state index in [-0.39, 0.29) is 22.3 Å². The van der Waals surface area contributed by atoms with Crippen LogP contribution in [0.5, 0.6) is 0 Å². The predicted octanol–water partition coefficient (Wildman–Crippen LogP) is 1.02. The smallest absolute Gasteiger partial charge is 0.321 e. The fourth-order valence-corrected chi connectivity index (χ4v) is 2.41. The van der Waals surface area contributed by atoms with Gasteiger partial charge >= 0.3 is 5.69 Å². The Morgan fingerprint density at radius 3 is 2.62 bits per heavy atom. The highest BCUT2D eigenvalue weighted by atomic mass is 19.1. The third-order valence-corrected chi connectivity index (χ3v) is 3.68. The first kappa shape index (κ1) is 15.6. The number of carbonyl (C=O) groups excluding carboxylic acids is 1. The fourth-order valence-electron chi connectivity index (χ4n) is 2.41. The van der Waals surface area contributed by atoms with Gasteiger partial charge in [-0.1, -0.05) is 6.07 Å². The van der Waals surface area contributed by atoms with Crippen LogP contribution in [0.3, 0.4) is 0 Å². The maximum absolute atomic E-state index is 13.3. The molecule has 1 amide bonds. The number of halogens is 1. The first-order valence-electron chi connectivity index (χ1n) is 7.02. The summed E-state index contributed by atoms with van der Waals surface area (Å²) in [5.41, 5.74) is -0.628. The molecule has 24 heavy (non-hydrogen) atoms. The molecular weight excluding hydrogens is 315 g/mol. The Kier molecular flexibility index (Phi) is 3.72. The lowest BCUT2D eigenvalue weighted by Crippen LogP contribution is -2.37. The van der Waals surface area contributed by atoms with E-state index in [0.29, 0.717) is 0 Å². The van der Waals surface area contributed by atoms with Gasteiger partial charge in [-0.3, -0.25) is 18.7 Å². The van der Waals surface area contributed by atoms with Gasteiger partial charge in [-0.25, -0.2) is 14.2 Å². The van der Waals surface area contributed by atoms with Crippen molar-refractivity contribution in [2.24, 2.45) is 14.1 Å². The summed E-state index contributed by atoms with van der Waals surface area (Å²) in [4.78, 5) is 40.7. The number of carbonyl (C=O) groups is 1. The molecule has 0 saturated carbocycles. The van der Waals surface area contributed by atoms with Crippen molar-refractivity contribution in [3.05, 3.63) is 68.7 Å². The number of hydrogen-bond acceptors (Lipinski definition) is 4. The summed E-state index contributed by atoms with van der Waals surface area (Å²) in [6.07, 6.45) is 1.38. The maximum Gasteiger partial charge on any atom is 0.332 e. The number of hydrogen-bond donors (Lipinski definition) is 1. The highest BCUT2D eigenvalue weighted by molar-refractivity contribution is 6.08. The Labute approximate surface area is 135 Å². The second-order valence-electron chi connectivity index (χ2n) is 5.23. The summed E-state index contributed by atoms with van der Waals surface area (Å²) in [5.74, 6) is -1.11. The molecule has 0 spiro atoms. The van der Waals surface area contributed by atoms with Crippen molar-refractivity contribution < 1.29 is 9.18 Å². The molecule has 0 fully saturated rings. The third-order valence-electron chi connectivity index (χ3n) is 3.68. The van der Waals surface area contributed by atoms with Gasteiger partial charge in [0, 0.05) is 25.9 Å². The number of anilines is 1. The second kappa shape index (κ2) is 5.73. The lowest BCUT2D eigenvalue weighted by molar-refractivity contribution is 0.102. The van der Waals surface area contributed by atoms with Crippen molar-refractivity contribution >= 4 is 22.6 Å². The molecule has 0 aliphatic carbocycles. The number of rotatable bonds is 2. The van der Waals surface area contributed by atoms with Crippen molar-refractivity contribution in [1.29, 1.82) is 0 Å². The van der Waals surface area contributed by atoms with Gasteiger partial charge in [0.05, 0.1) is 5.69 Å². The van der Waals surface area contributed by atoms with Crippen LogP contribution >= 0.6 is 0 Å². The quantitative estimate of drug-likeness (QED) is 0.761. The lowest BCUT2D eigenvalue weighted by Gasteiger charge is -2.11. The minimum absolute atomic E-state index is 0.104. The number of pyridine rings is 1. The summed E-state index contributed by atoms with van der Waals surface area (Å²) in [6.45, 7) is 0. The monoisotopic (exact) mass is 328 g/mol. The Hall–Kier alpha value is -3.29. The molecule has 0 aliphatic heterocycles. The molecular formula is C16H13FN4O3. The molecule has 0 aliphatic rings. The van der Waals surface area contributed by atoms with Crippen molar-refractivity contribution in [3.8, 4) is 0 Å². The minimum atomic E-state index is -0.573. The maximum atomic E-state index is 13.3. The van der Waals surface area contributed by atoms with Crippen LogP contribution in [0.15, 0.2) is 46.1 Å². The zero-order chi connectivity index (χ0) is 17.4. The number of amides is 1. The van der Waals surface area contributed by atoms with Crippen LogP contribution in [0.25, 0.3) is 11.0 Å². The van der Waals surface area contributed by atoms with Gasteiger partial charge in [0.25, 0.3) is 11.5 Å². The van der Waals surface area contributed by atoms with Gasteiger partial charge in [-0.2, -0.15) is 0 Å². The Balaban J connectivity index is 2.16. The molecule has 3 rings (SSSR count). The fraction of sp³-hybridized carbons (Fsp3) is 0.125. The van der Waals surface area contributed by atoms with E-state index in [9.17, 15) is 18.8 Å². The van der Waals surface area contributed by atoms with Gasteiger partial charge in [-0.05, 0) is 24.3 Å². The Morgan fingerprint density at radius 1 is 1.17 bits per heavy atom. The van der Waals surface area contributed by atoms with Crippen LogP contribution < -0.4 is 16.6 Å². The van der Waals surface area contributed by atoms with E-state index in [4.69, 9.17) is 0 Å². The van der Waals surface area contributed by atoms with Crippen molar-refractivity contribution in [2.45, 2.75) is 0 Å². The van der Waals surface area contributed by atoms with Crippen LogP contribution in [0.4, 0.5) is 10.1 Å². The molecule has 122 valence electrons. The lowest BCUT2D eigenvalue weighted by atomic mass is 10.2. The second-order valence-corrected chi connectivity index (χ2v) is 5.23. The summed E-state index contributed by atoms with van der Waals surface area (Å²) in [6, 6.07) is 6.63. The van der Waals surface area contributed by atoms with Crippen molar-refractivity contribution in [1.82, 2.24) is 14.1 Å². The molecule has 0 atom stereocenters. The molecule has 1 N–H and O–H groups in total. The van der Waals surface area contributed by atoms with Crippen molar-refractivity contribution in [3.63, 3.8) is 0 Å². The molecule has 8 heteroatoms. The summed E-state index contributed by atoms with van der Waals surface area (Å²) >= 11 is 0. The summed E-state index contributed by atoms with van der Waals surface area (Å²) < 4.78 is 15.4. The van der Waals surface area contributed by atoms with E-state index in [1.807, 2.05) is 0 Å². The largest absolute Gasteiger partial charge is 0.332 e. The number of aromatic nitrogens is 3. The first-order valence-corrected chi connectivity index (χ1v) is 7.02. The topological polar surface area (TPSA) is 86.0 Å². The van der Waals surface area contributed by atoms with E-state index in [2.05, 4.69) is 10.3 Å². The number of nitrogens with zero attached hydrogens (tertiary/aromatic N) is 3. The van der Waals surface area contributed by atoms with Gasteiger partial charge < -0.3 is 5.32 Å². The van der Waals surface area contributed by atoms with Gasteiger partial charge in [0.1, 0.15) is 11.2 Å². The first-order chi connectivity index (χ1) is 11.4. The third kappa shape index (κ3) is 2.47. The van der Waals surface area contributed by atoms with E-state index >= 15 is 0 Å². The average Bonchev–Trinajstić information content (AvgIpc) is 2.58. The van der Waals surface area contributed by atoms with Crippen LogP contribution in [0.2, 0.25) is 0 Å². The summed E-state index contributed by atoms with van der Waals surface area (Å²) in [5, 5.41) is 2.67. The predicted molar refractivity (Wildman–Crippen MR) is 86.6 cm³/mol. The number of benzene rings is 1. The van der Waals surface area contributed by atoms with Crippen LogP contribution in [0, 0.1) is 5.82 Å². The van der Waals surface area contributed by atoms with Crippen LogP contribution in [-0.4, -0.2) is 20.0 Å². The Morgan fingerprint density at radius 2 is 1.92 bits per heavy atom. The number of fused-ring (bicyclic) bond motifs is 1. The van der Waals surface area contributed by atoms with Gasteiger partial charge in [0.2, 0.25) is 0 Å². The molecule has 2 heterocycles. The highest BCUT2D eigenvalue weighted by Gasteiger charge is 2.15. The standard InChI is InChI=1S/C16H13FN4O3/c1-20-13-12(15(23)21(2)16(20)24)11(6-7-18-13)19-14(22)9-4-3-5-10(17)8-9/h3-8H,1-2H3,(H,18,19,22). The molecule has 2 aromatic heterocycles. The normalized spacial score (nSPS) is 10.8. The average molecular weight is 328 g/mol. The zero-order valence-corrected chi connectivity index (χ0v) is 12.9. The minimum Gasteiger partial charge on any atom is -0.321 e.